The molecule has 0 N–H and O–H groups in total. The Hall–Kier alpha value is -1.36. The smallest absolute Gasteiger partial charge is 0.304 e. The molecule has 2 fully saturated rings. The van der Waals surface area contributed by atoms with E-state index in [1.54, 1.807) is 0 Å². The molecule has 1 saturated heterocycles. The first kappa shape index (κ1) is 17.5. The summed E-state index contributed by atoms with van der Waals surface area (Å²) in [6, 6.07) is 0. The Balaban J connectivity index is 1.82. The molecule has 3 aliphatic rings. The Morgan fingerprint density at radius 3 is 2.33 bits per heavy atom. The molecule has 1 aliphatic heterocycles. The fraction of sp³-hybridized carbons (Fsp3) is 0.789. The van der Waals surface area contributed by atoms with Crippen molar-refractivity contribution in [2.24, 2.45) is 17.3 Å². The van der Waals surface area contributed by atoms with Gasteiger partial charge in [-0.2, -0.15) is 0 Å². The lowest BCUT2D eigenvalue weighted by Crippen LogP contribution is -2.32. The van der Waals surface area contributed by atoms with E-state index < -0.39 is 12.6 Å². The van der Waals surface area contributed by atoms with Crippen LogP contribution >= 0.6 is 0 Å². The summed E-state index contributed by atoms with van der Waals surface area (Å²) in [4.78, 5) is 22.8. The summed E-state index contributed by atoms with van der Waals surface area (Å²) in [6.07, 6.45) is 9.23. The zero-order valence-electron chi connectivity index (χ0n) is 14.9. The molecule has 0 aromatic heterocycles. The van der Waals surface area contributed by atoms with E-state index in [0.717, 1.165) is 12.8 Å². The molecular weight excluding hydrogens is 308 g/mol. The molecule has 5 nitrogen and oxygen atoms in total. The van der Waals surface area contributed by atoms with E-state index >= 15 is 0 Å². The van der Waals surface area contributed by atoms with Crippen molar-refractivity contribution in [3.05, 3.63) is 11.6 Å². The van der Waals surface area contributed by atoms with Gasteiger partial charge in [0.2, 0.25) is 12.6 Å². The largest absolute Gasteiger partial charge is 0.435 e. The Morgan fingerprint density at radius 2 is 1.71 bits per heavy atom. The summed E-state index contributed by atoms with van der Waals surface area (Å²) in [6.45, 7) is 5.12. The predicted octanol–water partition coefficient (Wildman–Crippen LogP) is 3.72. The molecule has 0 bridgehead atoms. The van der Waals surface area contributed by atoms with Gasteiger partial charge in [0.25, 0.3) is 0 Å². The van der Waals surface area contributed by atoms with Gasteiger partial charge in [-0.3, -0.25) is 9.59 Å². The van der Waals surface area contributed by atoms with Gasteiger partial charge in [-0.1, -0.05) is 37.8 Å². The highest BCUT2D eigenvalue weighted by Gasteiger charge is 2.49. The third-order valence-electron chi connectivity index (χ3n) is 5.86. The van der Waals surface area contributed by atoms with Crippen molar-refractivity contribution in [2.75, 3.05) is 0 Å². The zero-order chi connectivity index (χ0) is 17.3. The average Bonchev–Trinajstić information content (AvgIpc) is 2.84. The summed E-state index contributed by atoms with van der Waals surface area (Å²) >= 11 is 0. The lowest BCUT2D eigenvalue weighted by molar-refractivity contribution is -0.213. The van der Waals surface area contributed by atoms with Crippen molar-refractivity contribution in [3.8, 4) is 0 Å². The SMILES string of the molecule is CC(=O)O[C@H]1O[C@@H](OC(C)=O)[C@@H]2CCC(C3(C)CCCCC3)=C[C@H]12. The third-order valence-corrected chi connectivity index (χ3v) is 5.86. The molecule has 3 rings (SSSR count). The average molecular weight is 336 g/mol. The minimum Gasteiger partial charge on any atom is -0.435 e. The first-order chi connectivity index (χ1) is 11.4. The number of hydrogen-bond acceptors (Lipinski definition) is 5. The minimum atomic E-state index is -0.653. The van der Waals surface area contributed by atoms with Gasteiger partial charge in [-0.05, 0) is 31.1 Å². The van der Waals surface area contributed by atoms with Crippen LogP contribution in [0.2, 0.25) is 0 Å². The highest BCUT2D eigenvalue weighted by Crippen LogP contribution is 2.50. The number of hydrogen-bond donors (Lipinski definition) is 0. The molecule has 0 spiro atoms. The summed E-state index contributed by atoms with van der Waals surface area (Å²) in [7, 11) is 0. The highest BCUT2D eigenvalue weighted by atomic mass is 16.8. The molecule has 0 radical (unpaired) electrons. The summed E-state index contributed by atoms with van der Waals surface area (Å²) in [5.74, 6) is -0.696. The monoisotopic (exact) mass is 336 g/mol. The van der Waals surface area contributed by atoms with Crippen LogP contribution in [0.1, 0.15) is 65.7 Å². The molecule has 0 aromatic carbocycles. The van der Waals surface area contributed by atoms with Crippen LogP contribution in [-0.4, -0.2) is 24.5 Å². The summed E-state index contributed by atoms with van der Waals surface area (Å²) in [5, 5.41) is 0. The molecular formula is C19H28O5. The fourth-order valence-corrected chi connectivity index (χ4v) is 4.58. The van der Waals surface area contributed by atoms with Crippen LogP contribution in [0.5, 0.6) is 0 Å². The number of carbonyl (C=O) groups is 2. The van der Waals surface area contributed by atoms with Gasteiger partial charge < -0.3 is 14.2 Å². The molecule has 0 unspecified atom stereocenters. The highest BCUT2D eigenvalue weighted by molar-refractivity contribution is 5.66. The van der Waals surface area contributed by atoms with E-state index in [1.165, 1.54) is 51.5 Å². The first-order valence-electron chi connectivity index (χ1n) is 9.10. The maximum atomic E-state index is 11.4. The standard InChI is InChI=1S/C19H28O5/c1-12(20)22-17-15-8-7-14(19(3)9-5-4-6-10-19)11-16(15)18(24-17)23-13(2)21/h11,15-18H,4-10H2,1-3H3/t15-,16+,17-,18+/m1/s1. The Morgan fingerprint density at radius 1 is 1.08 bits per heavy atom. The van der Waals surface area contributed by atoms with Gasteiger partial charge in [0, 0.05) is 25.7 Å². The Bertz CT molecular complexity index is 532. The van der Waals surface area contributed by atoms with E-state index in [-0.39, 0.29) is 29.2 Å². The van der Waals surface area contributed by atoms with Crippen molar-refractivity contribution in [1.82, 2.24) is 0 Å². The van der Waals surface area contributed by atoms with Gasteiger partial charge in [0.15, 0.2) is 0 Å². The first-order valence-corrected chi connectivity index (χ1v) is 9.10. The maximum absolute atomic E-state index is 11.4. The van der Waals surface area contributed by atoms with E-state index in [1.807, 2.05) is 0 Å². The summed E-state index contributed by atoms with van der Waals surface area (Å²) < 4.78 is 16.4. The molecule has 1 saturated carbocycles. The topological polar surface area (TPSA) is 61.8 Å². The lowest BCUT2D eigenvalue weighted by Gasteiger charge is -2.40. The quantitative estimate of drug-likeness (QED) is 0.581. The molecule has 0 amide bonds. The predicted molar refractivity (Wildman–Crippen MR) is 87.7 cm³/mol. The Kier molecular flexibility index (Phi) is 5.00. The van der Waals surface area contributed by atoms with Crippen LogP contribution in [0, 0.1) is 17.3 Å². The van der Waals surface area contributed by atoms with Crippen molar-refractivity contribution >= 4 is 11.9 Å². The third kappa shape index (κ3) is 3.51. The molecule has 24 heavy (non-hydrogen) atoms. The second-order valence-corrected chi connectivity index (χ2v) is 7.68. The van der Waals surface area contributed by atoms with Crippen molar-refractivity contribution in [2.45, 2.75) is 78.3 Å². The fourth-order valence-electron chi connectivity index (χ4n) is 4.58. The van der Waals surface area contributed by atoms with Crippen LogP contribution < -0.4 is 0 Å². The van der Waals surface area contributed by atoms with Crippen molar-refractivity contribution in [3.63, 3.8) is 0 Å². The normalized spacial score (nSPS) is 34.9. The number of ether oxygens (including phenoxy) is 3. The molecule has 2 aliphatic carbocycles. The Labute approximate surface area is 143 Å². The van der Waals surface area contributed by atoms with Crippen LogP contribution in [0.4, 0.5) is 0 Å². The van der Waals surface area contributed by atoms with E-state index in [0.29, 0.717) is 0 Å². The van der Waals surface area contributed by atoms with Gasteiger partial charge in [-0.15, -0.1) is 0 Å². The van der Waals surface area contributed by atoms with Gasteiger partial charge in [0.05, 0.1) is 0 Å². The minimum absolute atomic E-state index is 0.0271. The van der Waals surface area contributed by atoms with Crippen molar-refractivity contribution in [1.29, 1.82) is 0 Å². The molecule has 5 heteroatoms. The maximum Gasteiger partial charge on any atom is 0.304 e. The number of rotatable bonds is 3. The second kappa shape index (κ2) is 6.87. The zero-order valence-corrected chi connectivity index (χ0v) is 14.9. The molecule has 0 aromatic rings. The van der Waals surface area contributed by atoms with Crippen LogP contribution in [0.3, 0.4) is 0 Å². The summed E-state index contributed by atoms with van der Waals surface area (Å²) in [5.41, 5.74) is 1.72. The number of allylic oxidation sites excluding steroid dienone is 1. The van der Waals surface area contributed by atoms with Crippen LogP contribution in [0.25, 0.3) is 0 Å². The van der Waals surface area contributed by atoms with Gasteiger partial charge in [-0.25, -0.2) is 0 Å². The van der Waals surface area contributed by atoms with Gasteiger partial charge in [0.1, 0.15) is 0 Å². The van der Waals surface area contributed by atoms with E-state index in [9.17, 15) is 9.59 Å². The van der Waals surface area contributed by atoms with Crippen LogP contribution in [-0.2, 0) is 23.8 Å². The van der Waals surface area contributed by atoms with Crippen LogP contribution in [0.15, 0.2) is 11.6 Å². The lowest BCUT2D eigenvalue weighted by atomic mass is 9.65. The molecule has 134 valence electrons. The number of esters is 2. The van der Waals surface area contributed by atoms with Gasteiger partial charge >= 0.3 is 11.9 Å². The van der Waals surface area contributed by atoms with E-state index in [4.69, 9.17) is 14.2 Å². The van der Waals surface area contributed by atoms with Crippen molar-refractivity contribution < 1.29 is 23.8 Å². The molecule has 1 heterocycles. The number of carbonyl (C=O) groups excluding carboxylic acids is 2. The molecule has 4 atom stereocenters. The number of fused-ring (bicyclic) bond motifs is 1. The van der Waals surface area contributed by atoms with E-state index in [2.05, 4.69) is 13.0 Å². The second-order valence-electron chi connectivity index (χ2n) is 7.68.